The second-order valence-corrected chi connectivity index (χ2v) is 4.09. The van der Waals surface area contributed by atoms with Crippen molar-refractivity contribution in [3.63, 3.8) is 0 Å². The van der Waals surface area contributed by atoms with Gasteiger partial charge in [-0.25, -0.2) is 0 Å². The number of aromatic hydroxyl groups is 1. The van der Waals surface area contributed by atoms with Crippen LogP contribution in [0.1, 0.15) is 0 Å². The van der Waals surface area contributed by atoms with Crippen LogP contribution in [0.4, 0.5) is 0 Å². The Bertz CT molecular complexity index is 449. The zero-order valence-electron chi connectivity index (χ0n) is 6.87. The first-order valence-corrected chi connectivity index (χ1v) is 5.37. The van der Waals surface area contributed by atoms with Crippen LogP contribution < -0.4 is 0 Å². The fourth-order valence-corrected chi connectivity index (χ4v) is 2.26. The number of halogens is 2. The molecule has 0 aliphatic rings. The van der Waals surface area contributed by atoms with Crippen LogP contribution in [0.3, 0.4) is 0 Å². The maximum atomic E-state index is 9.48. The van der Waals surface area contributed by atoms with Gasteiger partial charge in [0.25, 0.3) is 0 Å². The molecule has 1 aromatic heterocycles. The number of nitrogens with zero attached hydrogens (tertiary/aromatic N) is 1. The summed E-state index contributed by atoms with van der Waals surface area (Å²) in [6, 6.07) is 5.17. The molecule has 1 N–H and O–H groups in total. The molecular formula is C9H5Cl2NOS. The van der Waals surface area contributed by atoms with E-state index in [0.717, 1.165) is 11.5 Å². The quantitative estimate of drug-likeness (QED) is 0.829. The SMILES string of the molecule is Oc1csnc1-c1c(Cl)cccc1Cl. The van der Waals surface area contributed by atoms with Gasteiger partial charge < -0.3 is 5.11 Å². The van der Waals surface area contributed by atoms with Crippen molar-refractivity contribution < 1.29 is 5.11 Å². The summed E-state index contributed by atoms with van der Waals surface area (Å²) in [4.78, 5) is 0. The van der Waals surface area contributed by atoms with Crippen molar-refractivity contribution in [1.82, 2.24) is 4.37 Å². The monoisotopic (exact) mass is 245 g/mol. The number of hydrogen-bond donors (Lipinski definition) is 1. The van der Waals surface area contributed by atoms with E-state index in [9.17, 15) is 5.11 Å². The lowest BCUT2D eigenvalue weighted by Gasteiger charge is -2.03. The minimum absolute atomic E-state index is 0.102. The molecule has 0 bridgehead atoms. The molecule has 5 heteroatoms. The Kier molecular flexibility index (Phi) is 2.63. The summed E-state index contributed by atoms with van der Waals surface area (Å²) < 4.78 is 4.03. The van der Waals surface area contributed by atoms with Crippen LogP contribution in [0.2, 0.25) is 10.0 Å². The first kappa shape index (κ1) is 9.77. The van der Waals surface area contributed by atoms with E-state index >= 15 is 0 Å². The summed E-state index contributed by atoms with van der Waals surface area (Å²) in [6.07, 6.45) is 0. The lowest BCUT2D eigenvalue weighted by atomic mass is 10.1. The summed E-state index contributed by atoms with van der Waals surface area (Å²) in [5.41, 5.74) is 1.01. The number of aromatic nitrogens is 1. The van der Waals surface area contributed by atoms with E-state index in [1.165, 1.54) is 5.38 Å². The highest BCUT2D eigenvalue weighted by atomic mass is 35.5. The summed E-state index contributed by atoms with van der Waals surface area (Å²) in [7, 11) is 0. The summed E-state index contributed by atoms with van der Waals surface area (Å²) in [6.45, 7) is 0. The van der Waals surface area contributed by atoms with Gasteiger partial charge >= 0.3 is 0 Å². The average Bonchev–Trinajstić information content (AvgIpc) is 2.52. The molecule has 0 atom stereocenters. The molecule has 2 aromatic rings. The van der Waals surface area contributed by atoms with Gasteiger partial charge in [0.05, 0.1) is 15.4 Å². The molecule has 0 spiro atoms. The van der Waals surface area contributed by atoms with Gasteiger partial charge in [-0.1, -0.05) is 29.3 Å². The van der Waals surface area contributed by atoms with E-state index in [2.05, 4.69) is 4.37 Å². The van der Waals surface area contributed by atoms with Crippen molar-refractivity contribution in [3.8, 4) is 17.0 Å². The molecule has 0 fully saturated rings. The molecule has 0 saturated heterocycles. The predicted octanol–water partition coefficient (Wildman–Crippen LogP) is 3.82. The van der Waals surface area contributed by atoms with Gasteiger partial charge in [-0.05, 0) is 23.7 Å². The molecule has 2 rings (SSSR count). The van der Waals surface area contributed by atoms with E-state index in [1.807, 2.05) is 0 Å². The smallest absolute Gasteiger partial charge is 0.154 e. The molecule has 0 saturated carbocycles. The lowest BCUT2D eigenvalue weighted by Crippen LogP contribution is -1.81. The van der Waals surface area contributed by atoms with E-state index < -0.39 is 0 Å². The highest BCUT2D eigenvalue weighted by Gasteiger charge is 2.14. The first-order valence-electron chi connectivity index (χ1n) is 3.78. The van der Waals surface area contributed by atoms with Gasteiger partial charge in [0.2, 0.25) is 0 Å². The third-order valence-corrected chi connectivity index (χ3v) is 3.00. The number of hydrogen-bond acceptors (Lipinski definition) is 3. The number of benzene rings is 1. The lowest BCUT2D eigenvalue weighted by molar-refractivity contribution is 0.478. The average molecular weight is 246 g/mol. The molecule has 0 amide bonds. The fraction of sp³-hybridized carbons (Fsp3) is 0. The molecule has 0 radical (unpaired) electrons. The maximum Gasteiger partial charge on any atom is 0.154 e. The zero-order chi connectivity index (χ0) is 10.1. The summed E-state index contributed by atoms with van der Waals surface area (Å²) >= 11 is 13.1. The standard InChI is InChI=1S/C9H5Cl2NOS/c10-5-2-1-3-6(11)8(5)9-7(13)4-14-12-9/h1-4,13H. The molecule has 2 nitrogen and oxygen atoms in total. The summed E-state index contributed by atoms with van der Waals surface area (Å²) in [5, 5.41) is 12.0. The van der Waals surface area contributed by atoms with Crippen LogP contribution in [0.25, 0.3) is 11.3 Å². The Hall–Kier alpha value is -0.770. The topological polar surface area (TPSA) is 33.1 Å². The minimum Gasteiger partial charge on any atom is -0.505 e. The highest BCUT2D eigenvalue weighted by molar-refractivity contribution is 7.04. The molecule has 14 heavy (non-hydrogen) atoms. The van der Waals surface area contributed by atoms with Gasteiger partial charge in [0.1, 0.15) is 5.69 Å². The third kappa shape index (κ3) is 1.59. The van der Waals surface area contributed by atoms with Crippen LogP contribution in [-0.4, -0.2) is 9.48 Å². The van der Waals surface area contributed by atoms with E-state index in [4.69, 9.17) is 23.2 Å². The van der Waals surface area contributed by atoms with Gasteiger partial charge in [0, 0.05) is 5.56 Å². The minimum atomic E-state index is 0.102. The highest BCUT2D eigenvalue weighted by Crippen LogP contribution is 2.38. The van der Waals surface area contributed by atoms with E-state index in [1.54, 1.807) is 18.2 Å². The molecular weight excluding hydrogens is 241 g/mol. The van der Waals surface area contributed by atoms with Crippen molar-refractivity contribution in [3.05, 3.63) is 33.6 Å². The molecule has 72 valence electrons. The predicted molar refractivity (Wildman–Crippen MR) is 59.2 cm³/mol. The Morgan fingerprint density at radius 2 is 1.86 bits per heavy atom. The van der Waals surface area contributed by atoms with Crippen molar-refractivity contribution in [1.29, 1.82) is 0 Å². The Labute approximate surface area is 94.9 Å². The van der Waals surface area contributed by atoms with Crippen molar-refractivity contribution >= 4 is 34.7 Å². The molecule has 0 aliphatic carbocycles. The normalized spacial score (nSPS) is 10.4. The van der Waals surface area contributed by atoms with Crippen molar-refractivity contribution in [2.24, 2.45) is 0 Å². The third-order valence-electron chi connectivity index (χ3n) is 1.75. The van der Waals surface area contributed by atoms with Crippen molar-refractivity contribution in [2.75, 3.05) is 0 Å². The van der Waals surface area contributed by atoms with Gasteiger partial charge in [-0.15, -0.1) is 0 Å². The Morgan fingerprint density at radius 1 is 1.21 bits per heavy atom. The van der Waals surface area contributed by atoms with Crippen LogP contribution in [-0.2, 0) is 0 Å². The van der Waals surface area contributed by atoms with Gasteiger partial charge in [0.15, 0.2) is 5.75 Å². The molecule has 1 heterocycles. The van der Waals surface area contributed by atoms with Crippen LogP contribution in [0, 0.1) is 0 Å². The van der Waals surface area contributed by atoms with Gasteiger partial charge in [-0.3, -0.25) is 0 Å². The van der Waals surface area contributed by atoms with Crippen LogP contribution in [0.5, 0.6) is 5.75 Å². The molecule has 1 aromatic carbocycles. The fourth-order valence-electron chi connectivity index (χ4n) is 1.13. The van der Waals surface area contributed by atoms with E-state index in [0.29, 0.717) is 21.3 Å². The Morgan fingerprint density at radius 3 is 2.36 bits per heavy atom. The number of rotatable bonds is 1. The largest absolute Gasteiger partial charge is 0.505 e. The molecule has 0 unspecified atom stereocenters. The maximum absolute atomic E-state index is 9.48. The van der Waals surface area contributed by atoms with Crippen LogP contribution >= 0.6 is 34.7 Å². The second-order valence-electron chi connectivity index (χ2n) is 2.65. The van der Waals surface area contributed by atoms with E-state index in [-0.39, 0.29) is 5.75 Å². The van der Waals surface area contributed by atoms with Crippen LogP contribution in [0.15, 0.2) is 23.6 Å². The first-order chi connectivity index (χ1) is 6.70. The summed E-state index contributed by atoms with van der Waals surface area (Å²) in [5.74, 6) is 0.102. The second kappa shape index (κ2) is 3.77. The van der Waals surface area contributed by atoms with Gasteiger partial charge in [-0.2, -0.15) is 4.37 Å². The van der Waals surface area contributed by atoms with Crippen molar-refractivity contribution in [2.45, 2.75) is 0 Å². The molecule has 0 aliphatic heterocycles. The zero-order valence-corrected chi connectivity index (χ0v) is 9.20. The Balaban J connectivity index is 2.68.